The van der Waals surface area contributed by atoms with E-state index in [1.54, 1.807) is 12.1 Å². The van der Waals surface area contributed by atoms with Gasteiger partial charge in [0.05, 0.1) is 6.10 Å². The van der Waals surface area contributed by atoms with Crippen molar-refractivity contribution in [2.75, 3.05) is 6.61 Å². The molecule has 0 spiro atoms. The zero-order valence-corrected chi connectivity index (χ0v) is 10.9. The molecule has 1 aliphatic heterocycles. The quantitative estimate of drug-likeness (QED) is 0.771. The van der Waals surface area contributed by atoms with E-state index >= 15 is 0 Å². The summed E-state index contributed by atoms with van der Waals surface area (Å²) in [5, 5.41) is 22.6. The van der Waals surface area contributed by atoms with Gasteiger partial charge in [0.25, 0.3) is 0 Å². The molecule has 0 saturated carbocycles. The van der Waals surface area contributed by atoms with Gasteiger partial charge in [-0.15, -0.1) is 0 Å². The number of rotatable bonds is 3. The molecule has 18 heavy (non-hydrogen) atoms. The highest BCUT2D eigenvalue weighted by Crippen LogP contribution is 2.28. The summed E-state index contributed by atoms with van der Waals surface area (Å²) < 4.78 is 5.51. The van der Waals surface area contributed by atoms with Gasteiger partial charge in [0.1, 0.15) is 11.5 Å². The standard InChI is InChI=1S/C14H21NO3/c1-9-7-11(5-6-18-9)15-10(2)13-4-3-12(16)8-14(13)17/h3-4,8-11,15-17H,5-7H2,1-2H3. The Morgan fingerprint density at radius 2 is 2.17 bits per heavy atom. The lowest BCUT2D eigenvalue weighted by Gasteiger charge is -2.30. The zero-order valence-electron chi connectivity index (χ0n) is 10.9. The lowest BCUT2D eigenvalue weighted by atomic mass is 10.0. The van der Waals surface area contributed by atoms with Crippen molar-refractivity contribution in [2.45, 2.75) is 44.9 Å². The molecule has 3 N–H and O–H groups in total. The normalized spacial score (nSPS) is 25.9. The lowest BCUT2D eigenvalue weighted by Crippen LogP contribution is -2.39. The fourth-order valence-electron chi connectivity index (χ4n) is 2.49. The highest BCUT2D eigenvalue weighted by molar-refractivity contribution is 5.40. The topological polar surface area (TPSA) is 61.7 Å². The Bertz CT molecular complexity index is 408. The zero-order chi connectivity index (χ0) is 13.1. The SMILES string of the molecule is CC1CC(NC(C)c2ccc(O)cc2O)CCO1. The second kappa shape index (κ2) is 5.59. The van der Waals surface area contributed by atoms with E-state index in [0.29, 0.717) is 6.04 Å². The lowest BCUT2D eigenvalue weighted by molar-refractivity contribution is 0.0115. The molecule has 0 amide bonds. The van der Waals surface area contributed by atoms with Gasteiger partial charge >= 0.3 is 0 Å². The van der Waals surface area contributed by atoms with Crippen LogP contribution in [0.5, 0.6) is 11.5 Å². The maximum absolute atomic E-state index is 9.82. The van der Waals surface area contributed by atoms with Gasteiger partial charge in [-0.1, -0.05) is 6.07 Å². The monoisotopic (exact) mass is 251 g/mol. The minimum atomic E-state index is 0.0564. The Morgan fingerprint density at radius 1 is 1.39 bits per heavy atom. The van der Waals surface area contributed by atoms with Crippen LogP contribution in [0.15, 0.2) is 18.2 Å². The third-order valence-electron chi connectivity index (χ3n) is 3.45. The molecule has 1 aliphatic rings. The number of hydrogen-bond donors (Lipinski definition) is 3. The minimum Gasteiger partial charge on any atom is -0.508 e. The average molecular weight is 251 g/mol. The van der Waals surface area contributed by atoms with E-state index in [2.05, 4.69) is 12.2 Å². The smallest absolute Gasteiger partial charge is 0.124 e. The summed E-state index contributed by atoms with van der Waals surface area (Å²) in [6, 6.07) is 5.20. The number of aromatic hydroxyl groups is 2. The van der Waals surface area contributed by atoms with Crippen LogP contribution in [0.25, 0.3) is 0 Å². The Morgan fingerprint density at radius 3 is 2.83 bits per heavy atom. The molecule has 2 rings (SSSR count). The number of ether oxygens (including phenoxy) is 1. The third-order valence-corrected chi connectivity index (χ3v) is 3.45. The summed E-state index contributed by atoms with van der Waals surface area (Å²) in [4.78, 5) is 0. The molecular weight excluding hydrogens is 230 g/mol. The average Bonchev–Trinajstić information content (AvgIpc) is 2.28. The van der Waals surface area contributed by atoms with E-state index in [1.807, 2.05) is 6.92 Å². The first-order valence-corrected chi connectivity index (χ1v) is 6.46. The van der Waals surface area contributed by atoms with Crippen LogP contribution in [0.2, 0.25) is 0 Å². The Hall–Kier alpha value is -1.26. The van der Waals surface area contributed by atoms with E-state index < -0.39 is 0 Å². The van der Waals surface area contributed by atoms with E-state index in [0.717, 1.165) is 25.0 Å². The van der Waals surface area contributed by atoms with Crippen LogP contribution in [-0.2, 0) is 4.74 Å². The van der Waals surface area contributed by atoms with Crippen LogP contribution < -0.4 is 5.32 Å². The van der Waals surface area contributed by atoms with Gasteiger partial charge < -0.3 is 20.3 Å². The van der Waals surface area contributed by atoms with Gasteiger partial charge in [-0.2, -0.15) is 0 Å². The van der Waals surface area contributed by atoms with Crippen molar-refractivity contribution in [2.24, 2.45) is 0 Å². The molecule has 0 radical (unpaired) electrons. The van der Waals surface area contributed by atoms with Crippen molar-refractivity contribution >= 4 is 0 Å². The molecule has 1 aromatic carbocycles. The molecule has 4 nitrogen and oxygen atoms in total. The first kappa shape index (κ1) is 13.2. The summed E-state index contributed by atoms with van der Waals surface area (Å²) in [6.45, 7) is 4.88. The molecule has 100 valence electrons. The van der Waals surface area contributed by atoms with Gasteiger partial charge in [-0.25, -0.2) is 0 Å². The van der Waals surface area contributed by atoms with Crippen molar-refractivity contribution in [1.29, 1.82) is 0 Å². The highest BCUT2D eigenvalue weighted by Gasteiger charge is 2.22. The maximum atomic E-state index is 9.82. The molecular formula is C14H21NO3. The molecule has 3 atom stereocenters. The predicted molar refractivity (Wildman–Crippen MR) is 69.8 cm³/mol. The molecule has 1 aromatic rings. The Kier molecular flexibility index (Phi) is 4.09. The van der Waals surface area contributed by atoms with Gasteiger partial charge in [0, 0.05) is 30.3 Å². The van der Waals surface area contributed by atoms with Crippen LogP contribution in [0, 0.1) is 0 Å². The second-order valence-electron chi connectivity index (χ2n) is 5.03. The summed E-state index contributed by atoms with van der Waals surface area (Å²) in [5.41, 5.74) is 0.812. The fourth-order valence-corrected chi connectivity index (χ4v) is 2.49. The van der Waals surface area contributed by atoms with Crippen molar-refractivity contribution in [1.82, 2.24) is 5.32 Å². The number of benzene rings is 1. The first-order valence-electron chi connectivity index (χ1n) is 6.46. The van der Waals surface area contributed by atoms with Crippen LogP contribution >= 0.6 is 0 Å². The van der Waals surface area contributed by atoms with E-state index in [9.17, 15) is 10.2 Å². The highest BCUT2D eigenvalue weighted by atomic mass is 16.5. The molecule has 0 bridgehead atoms. The second-order valence-corrected chi connectivity index (χ2v) is 5.03. The van der Waals surface area contributed by atoms with Crippen molar-refractivity contribution in [3.8, 4) is 11.5 Å². The summed E-state index contributed by atoms with van der Waals surface area (Å²) in [6.07, 6.45) is 2.27. The van der Waals surface area contributed by atoms with Gasteiger partial charge in [-0.05, 0) is 32.8 Å². The Balaban J connectivity index is 2.00. The van der Waals surface area contributed by atoms with Crippen molar-refractivity contribution in [3.63, 3.8) is 0 Å². The van der Waals surface area contributed by atoms with Crippen LogP contribution in [0.4, 0.5) is 0 Å². The third kappa shape index (κ3) is 3.15. The minimum absolute atomic E-state index is 0.0564. The first-order chi connectivity index (χ1) is 8.56. The Labute approximate surface area is 108 Å². The molecule has 1 heterocycles. The van der Waals surface area contributed by atoms with E-state index in [4.69, 9.17) is 4.74 Å². The van der Waals surface area contributed by atoms with Gasteiger partial charge in [0.2, 0.25) is 0 Å². The number of nitrogens with one attached hydrogen (secondary N) is 1. The molecule has 1 fully saturated rings. The largest absolute Gasteiger partial charge is 0.508 e. The number of phenols is 2. The van der Waals surface area contributed by atoms with Crippen molar-refractivity contribution < 1.29 is 14.9 Å². The van der Waals surface area contributed by atoms with Gasteiger partial charge in [0.15, 0.2) is 0 Å². The van der Waals surface area contributed by atoms with Crippen LogP contribution in [0.1, 0.15) is 38.3 Å². The molecule has 1 saturated heterocycles. The predicted octanol–water partition coefficient (Wildman–Crippen LogP) is 2.32. The fraction of sp³-hybridized carbons (Fsp3) is 0.571. The molecule has 4 heteroatoms. The van der Waals surface area contributed by atoms with Crippen LogP contribution in [0.3, 0.4) is 0 Å². The summed E-state index contributed by atoms with van der Waals surface area (Å²) in [5.74, 6) is 0.221. The van der Waals surface area contributed by atoms with E-state index in [-0.39, 0.29) is 23.6 Å². The van der Waals surface area contributed by atoms with E-state index in [1.165, 1.54) is 6.07 Å². The number of phenolic OH excluding ortho intramolecular Hbond substituents is 2. The maximum Gasteiger partial charge on any atom is 0.124 e. The van der Waals surface area contributed by atoms with Crippen molar-refractivity contribution in [3.05, 3.63) is 23.8 Å². The van der Waals surface area contributed by atoms with Gasteiger partial charge in [-0.3, -0.25) is 0 Å². The van der Waals surface area contributed by atoms with Crippen LogP contribution in [-0.4, -0.2) is 29.0 Å². The molecule has 3 unspecified atom stereocenters. The number of hydrogen-bond acceptors (Lipinski definition) is 4. The summed E-state index contributed by atoms with van der Waals surface area (Å²) >= 11 is 0. The summed E-state index contributed by atoms with van der Waals surface area (Å²) in [7, 11) is 0. The molecule has 0 aliphatic carbocycles. The molecule has 0 aromatic heterocycles.